The van der Waals surface area contributed by atoms with Crippen molar-refractivity contribution in [2.75, 3.05) is 6.61 Å². The van der Waals surface area contributed by atoms with Crippen LogP contribution < -0.4 is 0 Å². The van der Waals surface area contributed by atoms with Gasteiger partial charge < -0.3 is 9.53 Å². The fourth-order valence-corrected chi connectivity index (χ4v) is 3.27. The van der Waals surface area contributed by atoms with E-state index in [0.29, 0.717) is 12.5 Å². The van der Waals surface area contributed by atoms with Crippen LogP contribution in [0.3, 0.4) is 0 Å². The van der Waals surface area contributed by atoms with Gasteiger partial charge in [0.1, 0.15) is 12.2 Å². The van der Waals surface area contributed by atoms with Crippen LogP contribution in [0, 0.1) is 11.8 Å². The Bertz CT molecular complexity index is 475. The Balaban J connectivity index is 1.94. The summed E-state index contributed by atoms with van der Waals surface area (Å²) >= 11 is 5.91. The molecule has 0 N–H and O–H groups in total. The lowest BCUT2D eigenvalue weighted by molar-refractivity contribution is -0.151. The van der Waals surface area contributed by atoms with E-state index in [1.807, 2.05) is 12.1 Å². The third-order valence-corrected chi connectivity index (χ3v) is 4.58. The first kappa shape index (κ1) is 16.0. The van der Waals surface area contributed by atoms with Crippen LogP contribution >= 0.6 is 11.6 Å². The number of rotatable bonds is 5. The lowest BCUT2D eigenvalue weighted by atomic mass is 9.74. The van der Waals surface area contributed by atoms with Crippen LogP contribution in [0.2, 0.25) is 5.02 Å². The number of carbonyl (C=O) groups excluding carboxylic acids is 2. The highest BCUT2D eigenvalue weighted by Crippen LogP contribution is 2.38. The van der Waals surface area contributed by atoms with Crippen LogP contribution in [0.25, 0.3) is 0 Å². The van der Waals surface area contributed by atoms with Crippen molar-refractivity contribution in [2.24, 2.45) is 11.8 Å². The molecule has 1 aromatic rings. The van der Waals surface area contributed by atoms with Crippen LogP contribution in [-0.4, -0.2) is 18.9 Å². The maximum absolute atomic E-state index is 11.8. The van der Waals surface area contributed by atoms with E-state index in [1.54, 1.807) is 6.92 Å². The molecule has 1 aliphatic rings. The molecule has 21 heavy (non-hydrogen) atoms. The van der Waals surface area contributed by atoms with Gasteiger partial charge in [0.15, 0.2) is 0 Å². The number of aldehydes is 1. The van der Waals surface area contributed by atoms with E-state index < -0.39 is 5.92 Å². The van der Waals surface area contributed by atoms with Gasteiger partial charge in [-0.3, -0.25) is 4.79 Å². The quantitative estimate of drug-likeness (QED) is 0.469. The second-order valence-electron chi connectivity index (χ2n) is 5.58. The van der Waals surface area contributed by atoms with Gasteiger partial charge in [-0.1, -0.05) is 23.7 Å². The zero-order chi connectivity index (χ0) is 15.2. The maximum atomic E-state index is 11.8. The van der Waals surface area contributed by atoms with Gasteiger partial charge in [-0.15, -0.1) is 0 Å². The number of ether oxygens (including phenoxy) is 1. The normalized spacial score (nSPS) is 23.3. The van der Waals surface area contributed by atoms with E-state index in [9.17, 15) is 9.59 Å². The Morgan fingerprint density at radius 1 is 1.29 bits per heavy atom. The molecular formula is C17H21ClO3. The Labute approximate surface area is 130 Å². The SMILES string of the molecule is CCOC(=O)C(C=O)C1CCC(c2ccc(Cl)cc2)CC1. The van der Waals surface area contributed by atoms with Gasteiger partial charge in [0.05, 0.1) is 6.61 Å². The predicted octanol–water partition coefficient (Wildman–Crippen LogP) is 3.99. The summed E-state index contributed by atoms with van der Waals surface area (Å²) in [6.07, 6.45) is 4.52. The molecule has 0 bridgehead atoms. The maximum Gasteiger partial charge on any atom is 0.316 e. The Morgan fingerprint density at radius 3 is 2.43 bits per heavy atom. The summed E-state index contributed by atoms with van der Waals surface area (Å²) in [6, 6.07) is 7.96. The van der Waals surface area contributed by atoms with E-state index in [-0.39, 0.29) is 11.9 Å². The molecule has 0 radical (unpaired) electrons. The van der Waals surface area contributed by atoms with Gasteiger partial charge in [-0.05, 0) is 62.1 Å². The smallest absolute Gasteiger partial charge is 0.316 e. The topological polar surface area (TPSA) is 43.4 Å². The minimum absolute atomic E-state index is 0.116. The molecular weight excluding hydrogens is 288 g/mol. The van der Waals surface area contributed by atoms with Gasteiger partial charge in [0.25, 0.3) is 0 Å². The molecule has 1 atom stereocenters. The third kappa shape index (κ3) is 4.07. The molecule has 0 heterocycles. The lowest BCUT2D eigenvalue weighted by Crippen LogP contribution is -2.30. The van der Waals surface area contributed by atoms with Crippen molar-refractivity contribution in [3.05, 3.63) is 34.9 Å². The summed E-state index contributed by atoms with van der Waals surface area (Å²) in [5.74, 6) is -0.364. The summed E-state index contributed by atoms with van der Waals surface area (Å²) in [4.78, 5) is 23.0. The summed E-state index contributed by atoms with van der Waals surface area (Å²) in [5.41, 5.74) is 1.29. The van der Waals surface area contributed by atoms with Crippen molar-refractivity contribution in [3.63, 3.8) is 0 Å². The first-order chi connectivity index (χ1) is 10.2. The van der Waals surface area contributed by atoms with E-state index >= 15 is 0 Å². The molecule has 1 saturated carbocycles. The molecule has 0 aliphatic heterocycles. The summed E-state index contributed by atoms with van der Waals surface area (Å²) in [6.45, 7) is 2.08. The average Bonchev–Trinajstić information content (AvgIpc) is 2.50. The van der Waals surface area contributed by atoms with Gasteiger partial charge in [0, 0.05) is 5.02 Å². The highest BCUT2D eigenvalue weighted by Gasteiger charge is 2.33. The van der Waals surface area contributed by atoms with Crippen LogP contribution in [0.1, 0.15) is 44.1 Å². The first-order valence-corrected chi connectivity index (χ1v) is 7.91. The van der Waals surface area contributed by atoms with E-state index in [1.165, 1.54) is 5.56 Å². The highest BCUT2D eigenvalue weighted by atomic mass is 35.5. The van der Waals surface area contributed by atoms with Crippen LogP contribution in [0.15, 0.2) is 24.3 Å². The monoisotopic (exact) mass is 308 g/mol. The molecule has 0 spiro atoms. The Kier molecular flexibility index (Phi) is 5.80. The van der Waals surface area contributed by atoms with Crippen LogP contribution in [0.4, 0.5) is 0 Å². The summed E-state index contributed by atoms with van der Waals surface area (Å²) in [5, 5.41) is 0.746. The fourth-order valence-electron chi connectivity index (χ4n) is 3.14. The molecule has 1 aromatic carbocycles. The molecule has 0 saturated heterocycles. The van der Waals surface area contributed by atoms with Crippen molar-refractivity contribution in [1.29, 1.82) is 0 Å². The van der Waals surface area contributed by atoms with Crippen molar-refractivity contribution in [3.8, 4) is 0 Å². The molecule has 0 amide bonds. The Morgan fingerprint density at radius 2 is 1.90 bits per heavy atom. The van der Waals surface area contributed by atoms with Gasteiger partial charge >= 0.3 is 5.97 Å². The number of halogens is 1. The predicted molar refractivity (Wildman–Crippen MR) is 82.3 cm³/mol. The zero-order valence-corrected chi connectivity index (χ0v) is 13.0. The molecule has 114 valence electrons. The van der Waals surface area contributed by atoms with E-state index in [0.717, 1.165) is 37.0 Å². The number of benzene rings is 1. The van der Waals surface area contributed by atoms with Crippen molar-refractivity contribution >= 4 is 23.9 Å². The molecule has 2 rings (SSSR count). The van der Waals surface area contributed by atoms with Gasteiger partial charge in [-0.25, -0.2) is 0 Å². The number of carbonyl (C=O) groups is 2. The van der Waals surface area contributed by atoms with E-state index in [2.05, 4.69) is 12.1 Å². The molecule has 0 aromatic heterocycles. The summed E-state index contributed by atoms with van der Waals surface area (Å²) in [7, 11) is 0. The largest absolute Gasteiger partial charge is 0.465 e. The summed E-state index contributed by atoms with van der Waals surface area (Å²) < 4.78 is 4.99. The molecule has 1 unspecified atom stereocenters. The highest BCUT2D eigenvalue weighted by molar-refractivity contribution is 6.30. The van der Waals surface area contributed by atoms with Crippen LogP contribution in [-0.2, 0) is 14.3 Å². The Hall–Kier alpha value is -1.35. The second-order valence-corrected chi connectivity index (χ2v) is 6.01. The minimum atomic E-state index is -0.601. The lowest BCUT2D eigenvalue weighted by Gasteiger charge is -2.31. The van der Waals surface area contributed by atoms with Crippen molar-refractivity contribution < 1.29 is 14.3 Å². The molecule has 4 heteroatoms. The second kappa shape index (κ2) is 7.60. The fraction of sp³-hybridized carbons (Fsp3) is 0.529. The standard InChI is InChI=1S/C17H21ClO3/c1-2-21-17(20)16(11-19)14-5-3-12(4-6-14)13-7-9-15(18)10-8-13/h7-12,14,16H,2-6H2,1H3. The first-order valence-electron chi connectivity index (χ1n) is 7.53. The average molecular weight is 309 g/mol. The molecule has 1 aliphatic carbocycles. The van der Waals surface area contributed by atoms with Gasteiger partial charge in [0.2, 0.25) is 0 Å². The zero-order valence-electron chi connectivity index (χ0n) is 12.3. The van der Waals surface area contributed by atoms with Crippen molar-refractivity contribution in [2.45, 2.75) is 38.5 Å². The number of hydrogen-bond acceptors (Lipinski definition) is 3. The van der Waals surface area contributed by atoms with Gasteiger partial charge in [-0.2, -0.15) is 0 Å². The van der Waals surface area contributed by atoms with E-state index in [4.69, 9.17) is 16.3 Å². The third-order valence-electron chi connectivity index (χ3n) is 4.33. The molecule has 3 nitrogen and oxygen atoms in total. The number of esters is 1. The minimum Gasteiger partial charge on any atom is -0.465 e. The van der Waals surface area contributed by atoms with Crippen LogP contribution in [0.5, 0.6) is 0 Å². The number of hydrogen-bond donors (Lipinski definition) is 0. The molecule has 1 fully saturated rings. The van der Waals surface area contributed by atoms with Crippen molar-refractivity contribution in [1.82, 2.24) is 0 Å².